The summed E-state index contributed by atoms with van der Waals surface area (Å²) in [5.41, 5.74) is 0.702. The second-order valence-electron chi connectivity index (χ2n) is 8.06. The number of carbonyl (C=O) groups is 1. The predicted molar refractivity (Wildman–Crippen MR) is 126 cm³/mol. The topological polar surface area (TPSA) is 117 Å². The number of nitrogens with zero attached hydrogens (tertiary/aromatic N) is 2. The van der Waals surface area contributed by atoms with Crippen LogP contribution in [0, 0.1) is 12.3 Å². The number of carboxylic acids is 1. The van der Waals surface area contributed by atoms with Crippen LogP contribution in [0.1, 0.15) is 63.5 Å². The van der Waals surface area contributed by atoms with Crippen molar-refractivity contribution in [2.75, 3.05) is 12.4 Å². The van der Waals surface area contributed by atoms with Crippen LogP contribution in [0.25, 0.3) is 0 Å². The van der Waals surface area contributed by atoms with Gasteiger partial charge in [-0.3, -0.25) is 9.36 Å². The molecule has 2 aromatic rings. The average molecular weight is 443 g/mol. The first-order valence-corrected chi connectivity index (χ1v) is 11.0. The second kappa shape index (κ2) is 10.9. The predicted octanol–water partition coefficient (Wildman–Crippen LogP) is 4.03. The molecule has 0 fully saturated rings. The van der Waals surface area contributed by atoms with Gasteiger partial charge in [-0.15, -0.1) is 0 Å². The van der Waals surface area contributed by atoms with Gasteiger partial charge in [-0.1, -0.05) is 32.4 Å². The minimum Gasteiger partial charge on any atom is -0.478 e. The Hall–Kier alpha value is -3.16. The van der Waals surface area contributed by atoms with Gasteiger partial charge in [0.05, 0.1) is 5.71 Å². The van der Waals surface area contributed by atoms with Gasteiger partial charge in [0.1, 0.15) is 23.0 Å². The largest absolute Gasteiger partial charge is 0.478 e. The molecule has 0 radical (unpaired) electrons. The molecular weight excluding hydrogens is 408 g/mol. The molecule has 8 nitrogen and oxygen atoms in total. The fraction of sp³-hybridized carbons (Fsp3) is 0.500. The van der Waals surface area contributed by atoms with E-state index in [1.54, 1.807) is 38.5 Å². The molecule has 0 aliphatic rings. The fourth-order valence-corrected chi connectivity index (χ4v) is 3.47. The van der Waals surface area contributed by atoms with Crippen LogP contribution in [0.2, 0.25) is 0 Å². The lowest BCUT2D eigenvalue weighted by atomic mass is 10.0. The van der Waals surface area contributed by atoms with Crippen molar-refractivity contribution < 1.29 is 14.6 Å². The highest BCUT2D eigenvalue weighted by molar-refractivity contribution is 6.00. The van der Waals surface area contributed by atoms with Crippen molar-refractivity contribution in [2.45, 2.75) is 71.9 Å². The van der Waals surface area contributed by atoms with Crippen molar-refractivity contribution in [3.8, 4) is 5.75 Å². The van der Waals surface area contributed by atoms with E-state index in [0.29, 0.717) is 60.9 Å². The van der Waals surface area contributed by atoms with Gasteiger partial charge in [0, 0.05) is 13.6 Å². The number of anilines is 1. The zero-order valence-corrected chi connectivity index (χ0v) is 19.6. The van der Waals surface area contributed by atoms with E-state index in [-0.39, 0.29) is 5.56 Å². The lowest BCUT2D eigenvalue weighted by molar-refractivity contribution is -0.154. The first kappa shape index (κ1) is 25.1. The van der Waals surface area contributed by atoms with Crippen LogP contribution in [0.3, 0.4) is 0 Å². The maximum atomic E-state index is 13.0. The van der Waals surface area contributed by atoms with Crippen LogP contribution >= 0.6 is 0 Å². The minimum atomic E-state index is -1.27. The van der Waals surface area contributed by atoms with Gasteiger partial charge in [0.2, 0.25) is 5.60 Å². The van der Waals surface area contributed by atoms with Gasteiger partial charge in [-0.25, -0.2) is 9.78 Å². The molecule has 0 saturated heterocycles. The third-order valence-electron chi connectivity index (χ3n) is 5.61. The molecule has 3 N–H and O–H groups in total. The Bertz CT molecular complexity index is 1030. The van der Waals surface area contributed by atoms with E-state index < -0.39 is 11.6 Å². The normalized spacial score (nSPS) is 12.8. The molecule has 1 atom stereocenters. The zero-order valence-electron chi connectivity index (χ0n) is 19.6. The first-order valence-electron chi connectivity index (χ1n) is 11.0. The Morgan fingerprint density at radius 1 is 1.34 bits per heavy atom. The van der Waals surface area contributed by atoms with Crippen LogP contribution in [0.15, 0.2) is 29.1 Å². The van der Waals surface area contributed by atoms with Crippen molar-refractivity contribution in [3.05, 3.63) is 51.7 Å². The van der Waals surface area contributed by atoms with E-state index in [2.05, 4.69) is 10.3 Å². The van der Waals surface area contributed by atoms with Crippen LogP contribution < -0.4 is 15.6 Å². The highest BCUT2D eigenvalue weighted by Crippen LogP contribution is 2.23. The molecular formula is C24H34N4O4. The molecule has 0 aliphatic heterocycles. The molecule has 1 heterocycles. The summed E-state index contributed by atoms with van der Waals surface area (Å²) in [4.78, 5) is 29.0. The number of rotatable bonds is 12. The van der Waals surface area contributed by atoms with Gasteiger partial charge in [-0.2, -0.15) is 0 Å². The summed E-state index contributed by atoms with van der Waals surface area (Å²) in [5, 5.41) is 20.6. The van der Waals surface area contributed by atoms with E-state index in [9.17, 15) is 14.7 Å². The maximum absolute atomic E-state index is 13.0. The third kappa shape index (κ3) is 5.75. The summed E-state index contributed by atoms with van der Waals surface area (Å²) in [6.07, 6.45) is 3.13. The molecule has 1 aromatic heterocycles. The quantitative estimate of drug-likeness (QED) is 0.427. The van der Waals surface area contributed by atoms with Gasteiger partial charge < -0.3 is 20.6 Å². The average Bonchev–Trinajstić information content (AvgIpc) is 2.75. The SMILES string of the molecule is CCCC(=N)c1nc(C)n(CCCc2cccc(OC(C)(CC)C(=O)O)c2)c(=O)c1NC. The smallest absolute Gasteiger partial charge is 0.347 e. The number of hydrogen-bond acceptors (Lipinski definition) is 6. The van der Waals surface area contributed by atoms with Crippen molar-refractivity contribution in [3.63, 3.8) is 0 Å². The summed E-state index contributed by atoms with van der Waals surface area (Å²) in [6.45, 7) is 7.61. The Kier molecular flexibility index (Phi) is 8.57. The second-order valence-corrected chi connectivity index (χ2v) is 8.06. The van der Waals surface area contributed by atoms with E-state index >= 15 is 0 Å². The number of nitrogens with one attached hydrogen (secondary N) is 2. The number of carboxylic acid groups (broad SMARTS) is 1. The highest BCUT2D eigenvalue weighted by Gasteiger charge is 2.33. The number of aromatic nitrogens is 2. The standard InChI is InChI=1S/C24H34N4O4/c1-6-10-19(25)20-21(26-5)22(29)28(16(3)27-20)14-9-12-17-11-8-13-18(15-17)32-24(4,7-2)23(30)31/h8,11,13,15,25-26H,6-7,9-10,12,14H2,1-5H3,(H,30,31). The summed E-state index contributed by atoms with van der Waals surface area (Å²) < 4.78 is 7.38. The van der Waals surface area contributed by atoms with Gasteiger partial charge in [0.25, 0.3) is 5.56 Å². The van der Waals surface area contributed by atoms with Crippen LogP contribution in [-0.4, -0.2) is 39.0 Å². The first-order chi connectivity index (χ1) is 15.2. The Balaban J connectivity index is 2.15. The van der Waals surface area contributed by atoms with E-state index in [1.807, 2.05) is 25.1 Å². The lowest BCUT2D eigenvalue weighted by Gasteiger charge is -2.25. The number of benzene rings is 1. The highest BCUT2D eigenvalue weighted by atomic mass is 16.5. The molecule has 1 unspecified atom stereocenters. The minimum absolute atomic E-state index is 0.173. The van der Waals surface area contributed by atoms with Gasteiger partial charge in [-0.05, 0) is 57.2 Å². The molecule has 32 heavy (non-hydrogen) atoms. The lowest BCUT2D eigenvalue weighted by Crippen LogP contribution is -2.40. The molecule has 174 valence electrons. The molecule has 0 amide bonds. The number of aliphatic carboxylic acids is 1. The summed E-state index contributed by atoms with van der Waals surface area (Å²) in [6, 6.07) is 7.40. The number of hydrogen-bond donors (Lipinski definition) is 3. The fourth-order valence-electron chi connectivity index (χ4n) is 3.47. The zero-order chi connectivity index (χ0) is 23.9. The van der Waals surface area contributed by atoms with Crippen molar-refractivity contribution in [1.82, 2.24) is 9.55 Å². The molecule has 8 heteroatoms. The Morgan fingerprint density at radius 3 is 2.66 bits per heavy atom. The van der Waals surface area contributed by atoms with Crippen molar-refractivity contribution in [2.24, 2.45) is 0 Å². The van der Waals surface area contributed by atoms with E-state index in [1.165, 1.54) is 0 Å². The monoisotopic (exact) mass is 442 g/mol. The molecule has 2 rings (SSSR count). The van der Waals surface area contributed by atoms with Gasteiger partial charge in [0.15, 0.2) is 0 Å². The number of ether oxygens (including phenoxy) is 1. The van der Waals surface area contributed by atoms with Gasteiger partial charge >= 0.3 is 5.97 Å². The molecule has 0 aliphatic carbocycles. The number of aryl methyl sites for hydroxylation is 2. The van der Waals surface area contributed by atoms with Crippen LogP contribution in [0.4, 0.5) is 5.69 Å². The summed E-state index contributed by atoms with van der Waals surface area (Å²) in [5.74, 6) is 0.103. The van der Waals surface area contributed by atoms with Crippen molar-refractivity contribution >= 4 is 17.4 Å². The molecule has 0 spiro atoms. The van der Waals surface area contributed by atoms with Crippen LogP contribution in [0.5, 0.6) is 5.75 Å². The third-order valence-corrected chi connectivity index (χ3v) is 5.61. The molecule has 0 bridgehead atoms. The summed E-state index contributed by atoms with van der Waals surface area (Å²) >= 11 is 0. The van der Waals surface area contributed by atoms with Crippen molar-refractivity contribution in [1.29, 1.82) is 5.41 Å². The maximum Gasteiger partial charge on any atom is 0.347 e. The van der Waals surface area contributed by atoms with Crippen LogP contribution in [-0.2, 0) is 17.8 Å². The molecule has 1 aromatic carbocycles. The molecule has 0 saturated carbocycles. The Labute approximate surface area is 189 Å². The summed E-state index contributed by atoms with van der Waals surface area (Å²) in [7, 11) is 1.67. The van der Waals surface area contributed by atoms with E-state index in [4.69, 9.17) is 10.1 Å². The Morgan fingerprint density at radius 2 is 2.06 bits per heavy atom. The van der Waals surface area contributed by atoms with E-state index in [0.717, 1.165) is 12.0 Å².